The van der Waals surface area contributed by atoms with E-state index in [2.05, 4.69) is 0 Å². The normalized spacial score (nSPS) is 22.9. The molecule has 0 saturated carbocycles. The van der Waals surface area contributed by atoms with E-state index in [1.54, 1.807) is 45.0 Å². The number of aliphatic hydroxyl groups is 1. The molecule has 180 valence electrons. The van der Waals surface area contributed by atoms with Crippen molar-refractivity contribution in [1.82, 2.24) is 4.90 Å². The van der Waals surface area contributed by atoms with Crippen LogP contribution in [0.25, 0.3) is 0 Å². The number of thioether (sulfide) groups is 1. The maximum atomic E-state index is 13.2. The number of carboxylic acids is 1. The molecule has 2 amide bonds. The zero-order valence-corrected chi connectivity index (χ0v) is 23.0. The Labute approximate surface area is 230 Å². The number of aliphatic carboxylic acids is 1. The second-order valence-electron chi connectivity index (χ2n) is 8.90. The number of hydrogen-bond acceptors (Lipinski definition) is 7. The number of likely N-dealkylation sites (N-methyl/N-ethyl adjacent to an activating group) is 1. The van der Waals surface area contributed by atoms with E-state index in [0.29, 0.717) is 18.0 Å². The Morgan fingerprint density at radius 1 is 1.20 bits per heavy atom. The molecule has 8 nitrogen and oxygen atoms in total. The van der Waals surface area contributed by atoms with Crippen molar-refractivity contribution in [2.45, 2.75) is 49.6 Å². The molecule has 0 spiro atoms. The third-order valence-electron chi connectivity index (χ3n) is 6.26. The largest absolute Gasteiger partial charge is 1.00 e. The average Bonchev–Trinajstić information content (AvgIpc) is 3.06. The third kappa shape index (κ3) is 5.24. The standard InChI is InChI=1S/C25H28N2O6S.Na/c1-4-26(16-11-8-12-17(13-16)33-14-15-9-6-5-7-10-15)22(30)19(28)18-21(29)27-20(24(31)32)25(2,3)34-23(18)27;/h5-13,18-20,23,28H,4,14H2,1-3H3,(H,31,32);/q;+1/p-1/t18-,19+,20+,23-;/m1./s1. The Morgan fingerprint density at radius 3 is 2.51 bits per heavy atom. The topological polar surface area (TPSA) is 110 Å². The Kier molecular flexibility index (Phi) is 8.60. The average molecular weight is 507 g/mol. The van der Waals surface area contributed by atoms with Gasteiger partial charge < -0.3 is 29.5 Å². The minimum absolute atomic E-state index is 0. The summed E-state index contributed by atoms with van der Waals surface area (Å²) in [4.78, 5) is 40.2. The minimum Gasteiger partial charge on any atom is -0.548 e. The van der Waals surface area contributed by atoms with E-state index >= 15 is 0 Å². The van der Waals surface area contributed by atoms with Crippen LogP contribution in [0.5, 0.6) is 5.75 Å². The minimum atomic E-state index is -1.59. The van der Waals surface area contributed by atoms with Crippen LogP contribution in [0.2, 0.25) is 0 Å². The fourth-order valence-electron chi connectivity index (χ4n) is 4.57. The van der Waals surface area contributed by atoms with Gasteiger partial charge in [0.1, 0.15) is 24.4 Å². The molecule has 2 aromatic carbocycles. The van der Waals surface area contributed by atoms with E-state index in [1.165, 1.54) is 21.6 Å². The molecule has 0 radical (unpaired) electrons. The van der Waals surface area contributed by atoms with E-state index < -0.39 is 46.0 Å². The first-order valence-electron chi connectivity index (χ1n) is 11.1. The van der Waals surface area contributed by atoms with Gasteiger partial charge in [0, 0.05) is 23.0 Å². The van der Waals surface area contributed by atoms with Crippen LogP contribution in [0.15, 0.2) is 54.6 Å². The smallest absolute Gasteiger partial charge is 0.548 e. The van der Waals surface area contributed by atoms with Crippen molar-refractivity contribution in [3.63, 3.8) is 0 Å². The van der Waals surface area contributed by atoms with Crippen molar-refractivity contribution in [3.8, 4) is 5.75 Å². The molecule has 4 rings (SSSR count). The van der Waals surface area contributed by atoms with Crippen molar-refractivity contribution in [2.75, 3.05) is 11.4 Å². The van der Waals surface area contributed by atoms with Gasteiger partial charge in [0.15, 0.2) is 0 Å². The van der Waals surface area contributed by atoms with Gasteiger partial charge in [-0.25, -0.2) is 0 Å². The first kappa shape index (κ1) is 27.5. The number of aliphatic hydroxyl groups excluding tert-OH is 1. The number of carboxylic acid groups (broad SMARTS) is 1. The van der Waals surface area contributed by atoms with E-state index in [1.807, 2.05) is 30.3 Å². The van der Waals surface area contributed by atoms with Gasteiger partial charge in [0.05, 0.1) is 17.4 Å². The molecule has 0 aliphatic carbocycles. The predicted molar refractivity (Wildman–Crippen MR) is 126 cm³/mol. The fourth-order valence-corrected chi connectivity index (χ4v) is 6.29. The first-order chi connectivity index (χ1) is 16.2. The van der Waals surface area contributed by atoms with Gasteiger partial charge in [-0.15, -0.1) is 11.8 Å². The second-order valence-corrected chi connectivity index (χ2v) is 10.7. The number of β-lactam (4-membered cyclic amide) rings is 1. The van der Waals surface area contributed by atoms with Crippen molar-refractivity contribution < 1.29 is 58.9 Å². The van der Waals surface area contributed by atoms with Gasteiger partial charge >= 0.3 is 29.6 Å². The summed E-state index contributed by atoms with van der Waals surface area (Å²) >= 11 is 1.27. The number of carbonyl (C=O) groups is 3. The van der Waals surface area contributed by atoms with Crippen LogP contribution in [0, 0.1) is 5.92 Å². The zero-order valence-electron chi connectivity index (χ0n) is 20.2. The van der Waals surface area contributed by atoms with Crippen LogP contribution in [0.4, 0.5) is 5.69 Å². The Balaban J connectivity index is 0.00000342. The molecular formula is C25H27N2NaO6S. The van der Waals surface area contributed by atoms with Crippen molar-refractivity contribution in [1.29, 1.82) is 0 Å². The Hall–Kier alpha value is -2.04. The van der Waals surface area contributed by atoms with Crippen LogP contribution in [-0.4, -0.2) is 56.6 Å². The van der Waals surface area contributed by atoms with E-state index in [0.717, 1.165) is 5.56 Å². The monoisotopic (exact) mass is 506 g/mol. The van der Waals surface area contributed by atoms with Gasteiger partial charge in [-0.05, 0) is 38.5 Å². The molecule has 2 fully saturated rings. The number of anilines is 1. The molecule has 2 aliphatic rings. The maximum absolute atomic E-state index is 13.2. The third-order valence-corrected chi connectivity index (χ3v) is 7.85. The van der Waals surface area contributed by atoms with Crippen LogP contribution < -0.4 is 44.3 Å². The van der Waals surface area contributed by atoms with E-state index in [-0.39, 0.29) is 36.1 Å². The molecule has 0 bridgehead atoms. The molecule has 1 N–H and O–H groups in total. The first-order valence-corrected chi connectivity index (χ1v) is 12.0. The Morgan fingerprint density at radius 2 is 1.89 bits per heavy atom. The van der Waals surface area contributed by atoms with E-state index in [4.69, 9.17) is 4.74 Å². The SMILES string of the molecule is CCN(C(=O)[C@@H](O)[C@@H]1C(=O)N2[C@@H]1SC(C)(C)[C@@H]2C(=O)[O-])c1cccc(OCc2ccccc2)c1.[Na+]. The molecule has 4 atom stereocenters. The predicted octanol–water partition coefficient (Wildman–Crippen LogP) is -1.59. The van der Waals surface area contributed by atoms with Gasteiger partial charge in [-0.2, -0.15) is 0 Å². The number of ether oxygens (including phenoxy) is 1. The Bertz CT molecular complexity index is 1100. The van der Waals surface area contributed by atoms with Gasteiger partial charge in [0.25, 0.3) is 5.91 Å². The summed E-state index contributed by atoms with van der Waals surface area (Å²) in [5, 5.41) is 21.9. The van der Waals surface area contributed by atoms with E-state index in [9.17, 15) is 24.6 Å². The number of amides is 2. The summed E-state index contributed by atoms with van der Waals surface area (Å²) in [5.74, 6) is -2.94. The number of carbonyl (C=O) groups excluding carboxylic acids is 3. The molecule has 0 aromatic heterocycles. The summed E-state index contributed by atoms with van der Waals surface area (Å²) in [6.07, 6.45) is -1.59. The van der Waals surface area contributed by atoms with Gasteiger partial charge in [-0.1, -0.05) is 36.4 Å². The summed E-state index contributed by atoms with van der Waals surface area (Å²) in [7, 11) is 0. The van der Waals surface area contributed by atoms with Crippen LogP contribution in [0.3, 0.4) is 0 Å². The molecule has 10 heteroatoms. The van der Waals surface area contributed by atoms with Gasteiger partial charge in [0.2, 0.25) is 5.91 Å². The van der Waals surface area contributed by atoms with Crippen LogP contribution in [0.1, 0.15) is 26.3 Å². The number of rotatable bonds is 8. The van der Waals surface area contributed by atoms with Crippen molar-refractivity contribution in [2.24, 2.45) is 5.92 Å². The summed E-state index contributed by atoms with van der Waals surface area (Å²) in [6.45, 7) is 5.85. The molecule has 2 aliphatic heterocycles. The molecule has 35 heavy (non-hydrogen) atoms. The fraction of sp³-hybridized carbons (Fsp3) is 0.400. The van der Waals surface area contributed by atoms with Crippen LogP contribution >= 0.6 is 11.8 Å². The zero-order chi connectivity index (χ0) is 24.6. The summed E-state index contributed by atoms with van der Waals surface area (Å²) in [6, 6.07) is 15.6. The number of benzene rings is 2. The van der Waals surface area contributed by atoms with Gasteiger partial charge in [-0.3, -0.25) is 9.59 Å². The molecule has 2 aromatic rings. The second kappa shape index (κ2) is 10.9. The molecule has 0 unspecified atom stereocenters. The number of fused-ring (bicyclic) bond motifs is 1. The van der Waals surface area contributed by atoms with Crippen molar-refractivity contribution in [3.05, 3.63) is 60.2 Å². The van der Waals surface area contributed by atoms with Crippen LogP contribution in [-0.2, 0) is 21.0 Å². The van der Waals surface area contributed by atoms with Crippen molar-refractivity contribution >= 4 is 35.2 Å². The molecule has 2 saturated heterocycles. The summed E-state index contributed by atoms with van der Waals surface area (Å²) < 4.78 is 5.07. The maximum Gasteiger partial charge on any atom is 1.00 e. The number of nitrogens with zero attached hydrogens (tertiary/aromatic N) is 2. The quantitative estimate of drug-likeness (QED) is 0.340. The molecule has 2 heterocycles. The molecular weight excluding hydrogens is 479 g/mol. The summed E-state index contributed by atoms with van der Waals surface area (Å²) in [5.41, 5.74) is 1.54. The number of hydrogen-bond donors (Lipinski definition) is 1.